The Balaban J connectivity index is 1.52. The molecule has 3 N–H and O–H groups in total. The lowest BCUT2D eigenvalue weighted by atomic mass is 9.90. The van der Waals surface area contributed by atoms with Gasteiger partial charge in [-0.2, -0.15) is 13.2 Å². The molecule has 0 atom stereocenters. The van der Waals surface area contributed by atoms with Crippen LogP contribution in [0.25, 0.3) is 11.0 Å². The molecule has 1 saturated carbocycles. The van der Waals surface area contributed by atoms with E-state index in [-0.39, 0.29) is 41.0 Å². The van der Waals surface area contributed by atoms with Gasteiger partial charge in [-0.25, -0.2) is 4.98 Å². The molecule has 0 saturated heterocycles. The summed E-state index contributed by atoms with van der Waals surface area (Å²) in [6.07, 6.45) is 0.143. The molecule has 46 heavy (non-hydrogen) atoms. The SMILES string of the molecule is CNC(=O)c1ccc(OC)c(NCC#Cc2cc(C(=O)NC3CCC(N(C)CCN(C)C)CC3)c3ncn(CC(F)(F)F)c3c2)c1. The Labute approximate surface area is 267 Å². The highest BCUT2D eigenvalue weighted by atomic mass is 19.4. The highest BCUT2D eigenvalue weighted by Crippen LogP contribution is 2.27. The zero-order chi connectivity index (χ0) is 33.4. The van der Waals surface area contributed by atoms with Crippen molar-refractivity contribution in [1.29, 1.82) is 0 Å². The number of nitrogens with zero attached hydrogens (tertiary/aromatic N) is 4. The summed E-state index contributed by atoms with van der Waals surface area (Å²) < 4.78 is 46.4. The van der Waals surface area contributed by atoms with Crippen LogP contribution < -0.4 is 20.7 Å². The van der Waals surface area contributed by atoms with Crippen LogP contribution in [0.5, 0.6) is 5.75 Å². The van der Waals surface area contributed by atoms with Crippen LogP contribution in [-0.2, 0) is 6.54 Å². The number of amides is 2. The summed E-state index contributed by atoms with van der Waals surface area (Å²) in [6, 6.07) is 8.42. The number of fused-ring (bicyclic) bond motifs is 1. The number of aromatic nitrogens is 2. The lowest BCUT2D eigenvalue weighted by Crippen LogP contribution is -2.44. The summed E-state index contributed by atoms with van der Waals surface area (Å²) in [5, 5.41) is 8.78. The minimum absolute atomic E-state index is 0.0437. The van der Waals surface area contributed by atoms with Crippen LogP contribution in [-0.4, -0.2) is 104 Å². The molecule has 1 fully saturated rings. The van der Waals surface area contributed by atoms with E-state index in [1.54, 1.807) is 24.3 Å². The second-order valence-electron chi connectivity index (χ2n) is 11.8. The first-order chi connectivity index (χ1) is 21.9. The molecule has 4 rings (SSSR count). The van der Waals surface area contributed by atoms with E-state index in [0.717, 1.165) is 49.7 Å². The van der Waals surface area contributed by atoms with Crippen LogP contribution in [0, 0.1) is 11.8 Å². The molecule has 1 aliphatic carbocycles. The Morgan fingerprint density at radius 3 is 2.46 bits per heavy atom. The second-order valence-corrected chi connectivity index (χ2v) is 11.8. The number of carbonyl (C=O) groups excluding carboxylic acids is 2. The minimum atomic E-state index is -4.47. The summed E-state index contributed by atoms with van der Waals surface area (Å²) in [6.45, 7) is 0.835. The monoisotopic (exact) mass is 641 g/mol. The third kappa shape index (κ3) is 9.14. The maximum absolute atomic E-state index is 13.6. The largest absolute Gasteiger partial charge is 0.495 e. The number of anilines is 1. The summed E-state index contributed by atoms with van der Waals surface area (Å²) in [5.41, 5.74) is 1.91. The fourth-order valence-corrected chi connectivity index (χ4v) is 5.61. The van der Waals surface area contributed by atoms with Gasteiger partial charge in [0.15, 0.2) is 0 Å². The minimum Gasteiger partial charge on any atom is -0.495 e. The Morgan fingerprint density at radius 2 is 1.80 bits per heavy atom. The summed E-state index contributed by atoms with van der Waals surface area (Å²) >= 11 is 0. The zero-order valence-corrected chi connectivity index (χ0v) is 26.9. The molecule has 0 radical (unpaired) electrons. The average Bonchev–Trinajstić information content (AvgIpc) is 3.42. The first-order valence-corrected chi connectivity index (χ1v) is 15.2. The van der Waals surface area contributed by atoms with Crippen LogP contribution in [0.2, 0.25) is 0 Å². The molecular weight excluding hydrogens is 599 g/mol. The van der Waals surface area contributed by atoms with Gasteiger partial charge in [0.2, 0.25) is 0 Å². The number of ether oxygens (including phenoxy) is 1. The number of alkyl halides is 3. The molecule has 0 unspecified atom stereocenters. The number of benzene rings is 2. The van der Waals surface area contributed by atoms with Crippen LogP contribution in [0.15, 0.2) is 36.7 Å². The number of imidazole rings is 1. The molecule has 0 spiro atoms. The highest BCUT2D eigenvalue weighted by Gasteiger charge is 2.30. The molecule has 1 aromatic heterocycles. The van der Waals surface area contributed by atoms with Gasteiger partial charge >= 0.3 is 6.18 Å². The van der Waals surface area contributed by atoms with Crippen molar-refractivity contribution in [3.05, 3.63) is 53.3 Å². The molecule has 0 aliphatic heterocycles. The number of hydrogen-bond acceptors (Lipinski definition) is 7. The second kappa shape index (κ2) is 15.3. The summed E-state index contributed by atoms with van der Waals surface area (Å²) in [5.74, 6) is 5.80. The number of likely N-dealkylation sites (N-methyl/N-ethyl adjacent to an activating group) is 2. The number of nitrogens with one attached hydrogen (secondary N) is 3. The van der Waals surface area contributed by atoms with Gasteiger partial charge in [-0.3, -0.25) is 9.59 Å². The first-order valence-electron chi connectivity index (χ1n) is 15.2. The molecular formula is C33H42F3N7O3. The lowest BCUT2D eigenvalue weighted by Gasteiger charge is -2.35. The van der Waals surface area contributed by atoms with E-state index >= 15 is 0 Å². The number of methoxy groups -OCH3 is 1. The van der Waals surface area contributed by atoms with E-state index < -0.39 is 12.7 Å². The molecule has 13 heteroatoms. The maximum atomic E-state index is 13.6. The molecule has 2 amide bonds. The van der Waals surface area contributed by atoms with Crippen molar-refractivity contribution in [2.45, 2.75) is 50.5 Å². The first kappa shape index (κ1) is 34.6. The van der Waals surface area contributed by atoms with Crippen LogP contribution in [0.1, 0.15) is 52.0 Å². The topological polar surface area (TPSA) is 104 Å². The summed E-state index contributed by atoms with van der Waals surface area (Å²) in [7, 11) is 9.27. The van der Waals surface area contributed by atoms with Crippen molar-refractivity contribution in [3.8, 4) is 17.6 Å². The van der Waals surface area contributed by atoms with Gasteiger partial charge in [-0.1, -0.05) is 11.8 Å². The fraction of sp³-hybridized carbons (Fsp3) is 0.485. The number of halogens is 3. The third-order valence-corrected chi connectivity index (χ3v) is 8.16. The number of carbonyl (C=O) groups is 2. The Hall–Kier alpha value is -4.28. The predicted molar refractivity (Wildman–Crippen MR) is 172 cm³/mol. The lowest BCUT2D eigenvalue weighted by molar-refractivity contribution is -0.139. The summed E-state index contributed by atoms with van der Waals surface area (Å²) in [4.78, 5) is 34.3. The molecule has 0 bridgehead atoms. The molecule has 1 aliphatic rings. The van der Waals surface area contributed by atoms with Crippen molar-refractivity contribution < 1.29 is 27.5 Å². The van der Waals surface area contributed by atoms with E-state index in [1.165, 1.54) is 20.2 Å². The van der Waals surface area contributed by atoms with Gasteiger partial charge in [0.05, 0.1) is 36.7 Å². The van der Waals surface area contributed by atoms with E-state index in [0.29, 0.717) is 28.6 Å². The maximum Gasteiger partial charge on any atom is 0.406 e. The predicted octanol–water partition coefficient (Wildman–Crippen LogP) is 3.96. The van der Waals surface area contributed by atoms with Crippen LogP contribution >= 0.6 is 0 Å². The number of hydrogen-bond donors (Lipinski definition) is 3. The van der Waals surface area contributed by atoms with Gasteiger partial charge in [-0.05, 0) is 77.2 Å². The van der Waals surface area contributed by atoms with Crippen molar-refractivity contribution in [2.24, 2.45) is 0 Å². The van der Waals surface area contributed by atoms with E-state index in [2.05, 4.69) is 49.6 Å². The van der Waals surface area contributed by atoms with E-state index in [1.807, 2.05) is 14.1 Å². The Kier molecular flexibility index (Phi) is 11.5. The third-order valence-electron chi connectivity index (χ3n) is 8.16. The van der Waals surface area contributed by atoms with Crippen LogP contribution in [0.4, 0.5) is 18.9 Å². The van der Waals surface area contributed by atoms with Crippen LogP contribution in [0.3, 0.4) is 0 Å². The van der Waals surface area contributed by atoms with Gasteiger partial charge in [0, 0.05) is 43.3 Å². The van der Waals surface area contributed by atoms with Crippen molar-refractivity contribution >= 4 is 28.5 Å². The Bertz CT molecular complexity index is 1580. The van der Waals surface area contributed by atoms with Crippen molar-refractivity contribution in [2.75, 3.05) is 60.3 Å². The Morgan fingerprint density at radius 1 is 1.07 bits per heavy atom. The molecule has 3 aromatic rings. The van der Waals surface area contributed by atoms with E-state index in [9.17, 15) is 22.8 Å². The standard InChI is InChI=1S/C33H42F3N7O3/c1-37-31(44)23-8-13-29(46-5)27(19-23)38-14-6-7-22-17-26(30-28(18-22)43(21-39-30)20-33(34,35)36)32(45)40-24-9-11-25(12-10-24)42(4)16-15-41(2)3/h8,13,17-19,21,24-25,38H,9-12,14-16,20H2,1-5H3,(H,37,44)(H,40,45). The highest BCUT2D eigenvalue weighted by molar-refractivity contribution is 6.05. The van der Waals surface area contributed by atoms with E-state index in [4.69, 9.17) is 4.74 Å². The van der Waals surface area contributed by atoms with Gasteiger partial charge in [0.1, 0.15) is 17.8 Å². The molecule has 10 nitrogen and oxygen atoms in total. The molecule has 1 heterocycles. The average molecular weight is 642 g/mol. The van der Waals surface area contributed by atoms with Crippen molar-refractivity contribution in [1.82, 2.24) is 30.0 Å². The zero-order valence-electron chi connectivity index (χ0n) is 26.9. The van der Waals surface area contributed by atoms with Crippen molar-refractivity contribution in [3.63, 3.8) is 0 Å². The van der Waals surface area contributed by atoms with Gasteiger partial charge in [-0.15, -0.1) is 0 Å². The quantitative estimate of drug-likeness (QED) is 0.273. The van der Waals surface area contributed by atoms with Gasteiger partial charge in [0.25, 0.3) is 11.8 Å². The molecule has 2 aromatic carbocycles. The normalized spacial score (nSPS) is 16.7. The smallest absolute Gasteiger partial charge is 0.406 e. The van der Waals surface area contributed by atoms with Gasteiger partial charge < -0.3 is 35.1 Å². The fourth-order valence-electron chi connectivity index (χ4n) is 5.61. The molecule has 248 valence electrons. The number of rotatable bonds is 11.